The van der Waals surface area contributed by atoms with Gasteiger partial charge in [-0.2, -0.15) is 0 Å². The van der Waals surface area contributed by atoms with Gasteiger partial charge in [0.05, 0.1) is 0 Å². The predicted molar refractivity (Wildman–Crippen MR) is 74.5 cm³/mol. The zero-order valence-corrected chi connectivity index (χ0v) is 10.5. The number of benzene rings is 1. The average Bonchev–Trinajstić information content (AvgIpc) is 2.38. The highest BCUT2D eigenvalue weighted by Crippen LogP contribution is 2.22. The van der Waals surface area contributed by atoms with Gasteiger partial charge in [-0.1, -0.05) is 18.2 Å². The van der Waals surface area contributed by atoms with Crippen LogP contribution in [0.2, 0.25) is 0 Å². The Morgan fingerprint density at radius 2 is 1.94 bits per heavy atom. The van der Waals surface area contributed by atoms with Gasteiger partial charge in [0.25, 0.3) is 0 Å². The Balaban J connectivity index is 2.36. The quantitative estimate of drug-likeness (QED) is 0.639. The lowest BCUT2D eigenvalue weighted by atomic mass is 10.1. The van der Waals surface area contributed by atoms with Crippen molar-refractivity contribution in [1.29, 1.82) is 5.41 Å². The second-order valence-corrected chi connectivity index (χ2v) is 4.16. The van der Waals surface area contributed by atoms with Crippen LogP contribution in [0.1, 0.15) is 11.3 Å². The SMILES string of the molecule is Cc1cccc(N(C)c2cccc(C(=N)N)c2)n1. The van der Waals surface area contributed by atoms with Crippen molar-refractivity contribution in [2.75, 3.05) is 11.9 Å². The fourth-order valence-corrected chi connectivity index (χ4v) is 1.73. The zero-order chi connectivity index (χ0) is 13.1. The Morgan fingerprint density at radius 1 is 1.22 bits per heavy atom. The van der Waals surface area contributed by atoms with Crippen molar-refractivity contribution in [3.8, 4) is 0 Å². The van der Waals surface area contributed by atoms with Crippen LogP contribution in [-0.2, 0) is 0 Å². The Labute approximate surface area is 107 Å². The van der Waals surface area contributed by atoms with Crippen LogP contribution in [0.15, 0.2) is 42.5 Å². The summed E-state index contributed by atoms with van der Waals surface area (Å²) in [6.07, 6.45) is 0. The maximum absolute atomic E-state index is 7.46. The van der Waals surface area contributed by atoms with E-state index in [9.17, 15) is 0 Å². The molecule has 1 aromatic heterocycles. The molecule has 3 N–H and O–H groups in total. The molecule has 0 aliphatic heterocycles. The van der Waals surface area contributed by atoms with Gasteiger partial charge in [-0.15, -0.1) is 0 Å². The molecule has 1 aromatic carbocycles. The smallest absolute Gasteiger partial charge is 0.132 e. The third-order valence-corrected chi connectivity index (χ3v) is 2.76. The first kappa shape index (κ1) is 12.1. The average molecular weight is 240 g/mol. The van der Waals surface area contributed by atoms with Gasteiger partial charge in [-0.3, -0.25) is 5.41 Å². The highest BCUT2D eigenvalue weighted by atomic mass is 15.2. The van der Waals surface area contributed by atoms with E-state index in [-0.39, 0.29) is 5.84 Å². The molecular formula is C14H16N4. The Morgan fingerprint density at radius 3 is 2.61 bits per heavy atom. The molecule has 0 aliphatic carbocycles. The van der Waals surface area contributed by atoms with Crippen molar-refractivity contribution in [2.24, 2.45) is 5.73 Å². The maximum atomic E-state index is 7.46. The number of aryl methyl sites for hydroxylation is 1. The number of rotatable bonds is 3. The van der Waals surface area contributed by atoms with Gasteiger partial charge in [-0.25, -0.2) is 4.98 Å². The second kappa shape index (κ2) is 4.87. The highest BCUT2D eigenvalue weighted by molar-refractivity contribution is 5.96. The monoisotopic (exact) mass is 240 g/mol. The van der Waals surface area contributed by atoms with Crippen LogP contribution in [-0.4, -0.2) is 17.9 Å². The van der Waals surface area contributed by atoms with Gasteiger partial charge in [0.15, 0.2) is 0 Å². The molecule has 0 unspecified atom stereocenters. The minimum Gasteiger partial charge on any atom is -0.384 e. The van der Waals surface area contributed by atoms with Crippen molar-refractivity contribution < 1.29 is 0 Å². The van der Waals surface area contributed by atoms with Gasteiger partial charge in [-0.05, 0) is 31.2 Å². The summed E-state index contributed by atoms with van der Waals surface area (Å²) in [6.45, 7) is 1.96. The number of amidine groups is 1. The number of anilines is 2. The fraction of sp³-hybridized carbons (Fsp3) is 0.143. The summed E-state index contributed by atoms with van der Waals surface area (Å²) >= 11 is 0. The molecule has 0 radical (unpaired) electrons. The van der Waals surface area contributed by atoms with Gasteiger partial charge in [0, 0.05) is 24.0 Å². The molecule has 0 fully saturated rings. The van der Waals surface area contributed by atoms with Crippen molar-refractivity contribution in [3.05, 3.63) is 53.7 Å². The van der Waals surface area contributed by atoms with Crippen LogP contribution < -0.4 is 10.6 Å². The lowest BCUT2D eigenvalue weighted by Gasteiger charge is -2.19. The summed E-state index contributed by atoms with van der Waals surface area (Å²) in [5.41, 5.74) is 8.14. The first-order chi connectivity index (χ1) is 8.58. The summed E-state index contributed by atoms with van der Waals surface area (Å²) in [7, 11) is 1.95. The molecule has 0 aliphatic rings. The second-order valence-electron chi connectivity index (χ2n) is 4.16. The summed E-state index contributed by atoms with van der Waals surface area (Å²) in [6, 6.07) is 13.4. The van der Waals surface area contributed by atoms with Crippen LogP contribution >= 0.6 is 0 Å². The molecule has 0 atom stereocenters. The van der Waals surface area contributed by atoms with Gasteiger partial charge in [0.1, 0.15) is 11.7 Å². The molecule has 0 saturated heterocycles. The van der Waals surface area contributed by atoms with Crippen LogP contribution in [0, 0.1) is 12.3 Å². The van der Waals surface area contributed by atoms with E-state index in [1.54, 1.807) is 0 Å². The summed E-state index contributed by atoms with van der Waals surface area (Å²) in [5, 5.41) is 7.46. The minimum absolute atomic E-state index is 0.0717. The van der Waals surface area contributed by atoms with E-state index >= 15 is 0 Å². The molecule has 2 aromatic rings. The number of hydrogen-bond donors (Lipinski definition) is 2. The molecule has 0 spiro atoms. The molecule has 18 heavy (non-hydrogen) atoms. The van der Waals surface area contributed by atoms with E-state index in [0.717, 1.165) is 17.2 Å². The van der Waals surface area contributed by atoms with Gasteiger partial charge in [0.2, 0.25) is 0 Å². The van der Waals surface area contributed by atoms with E-state index in [1.165, 1.54) is 0 Å². The number of nitrogens with two attached hydrogens (primary N) is 1. The highest BCUT2D eigenvalue weighted by Gasteiger charge is 2.06. The Kier molecular flexibility index (Phi) is 3.28. The summed E-state index contributed by atoms with van der Waals surface area (Å²) in [4.78, 5) is 6.44. The first-order valence-corrected chi connectivity index (χ1v) is 5.70. The van der Waals surface area contributed by atoms with Crippen molar-refractivity contribution in [3.63, 3.8) is 0 Å². The molecule has 2 rings (SSSR count). The number of pyridine rings is 1. The van der Waals surface area contributed by atoms with Crippen molar-refractivity contribution >= 4 is 17.3 Å². The Hall–Kier alpha value is -2.36. The third-order valence-electron chi connectivity index (χ3n) is 2.76. The fourth-order valence-electron chi connectivity index (χ4n) is 1.73. The van der Waals surface area contributed by atoms with E-state index < -0.39 is 0 Å². The van der Waals surface area contributed by atoms with Gasteiger partial charge < -0.3 is 10.6 Å². The number of hydrogen-bond acceptors (Lipinski definition) is 3. The first-order valence-electron chi connectivity index (χ1n) is 5.70. The number of nitrogens with zero attached hydrogens (tertiary/aromatic N) is 2. The van der Waals surface area contributed by atoms with Crippen molar-refractivity contribution in [1.82, 2.24) is 4.98 Å². The molecule has 0 amide bonds. The maximum Gasteiger partial charge on any atom is 0.132 e. The third kappa shape index (κ3) is 2.48. The normalized spacial score (nSPS) is 10.1. The van der Waals surface area contributed by atoms with Crippen LogP contribution in [0.3, 0.4) is 0 Å². The van der Waals surface area contributed by atoms with E-state index in [2.05, 4.69) is 4.98 Å². The molecule has 1 heterocycles. The lowest BCUT2D eigenvalue weighted by Crippen LogP contribution is -2.14. The molecule has 4 nitrogen and oxygen atoms in total. The standard InChI is InChI=1S/C14H16N4/c1-10-5-3-8-13(17-10)18(2)12-7-4-6-11(9-12)14(15)16/h3-9H,1-2H3,(H3,15,16). The van der Waals surface area contributed by atoms with E-state index in [0.29, 0.717) is 5.56 Å². The molecule has 4 heteroatoms. The van der Waals surface area contributed by atoms with Crippen molar-refractivity contribution in [2.45, 2.75) is 6.92 Å². The van der Waals surface area contributed by atoms with Crippen LogP contribution in [0.5, 0.6) is 0 Å². The predicted octanol–water partition coefficient (Wildman–Crippen LogP) is 2.44. The lowest BCUT2D eigenvalue weighted by molar-refractivity contribution is 1.09. The Bertz CT molecular complexity index is 578. The molecule has 0 saturated carbocycles. The summed E-state index contributed by atoms with van der Waals surface area (Å²) < 4.78 is 0. The zero-order valence-electron chi connectivity index (χ0n) is 10.5. The number of nitrogens with one attached hydrogen (secondary N) is 1. The summed E-state index contributed by atoms with van der Waals surface area (Å²) in [5.74, 6) is 0.943. The van der Waals surface area contributed by atoms with Gasteiger partial charge >= 0.3 is 0 Å². The van der Waals surface area contributed by atoms with E-state index in [1.807, 2.05) is 61.3 Å². The molecular weight excluding hydrogens is 224 g/mol. The number of nitrogen functional groups attached to an aromatic ring is 1. The number of aromatic nitrogens is 1. The topological polar surface area (TPSA) is 66.0 Å². The van der Waals surface area contributed by atoms with Crippen LogP contribution in [0.25, 0.3) is 0 Å². The largest absolute Gasteiger partial charge is 0.384 e. The van der Waals surface area contributed by atoms with Crippen LogP contribution in [0.4, 0.5) is 11.5 Å². The minimum atomic E-state index is 0.0717. The molecule has 92 valence electrons. The van der Waals surface area contributed by atoms with E-state index in [4.69, 9.17) is 11.1 Å². The molecule has 0 bridgehead atoms.